The zero-order valence-electron chi connectivity index (χ0n) is 11.3. The number of rotatable bonds is 3. The summed E-state index contributed by atoms with van der Waals surface area (Å²) in [5, 5.41) is 0. The Balaban J connectivity index is 1.91. The molecular formula is C15H20F2N2. The Hall–Kier alpha value is -1.16. The average Bonchev–Trinajstić information content (AvgIpc) is 2.77. The molecule has 0 bridgehead atoms. The van der Waals surface area contributed by atoms with Crippen LogP contribution in [0.2, 0.25) is 0 Å². The highest BCUT2D eigenvalue weighted by Gasteiger charge is 2.56. The predicted octanol–water partition coefficient (Wildman–Crippen LogP) is 2.69. The van der Waals surface area contributed by atoms with Crippen LogP contribution >= 0.6 is 0 Å². The first-order valence-corrected chi connectivity index (χ1v) is 6.96. The molecule has 0 spiro atoms. The van der Waals surface area contributed by atoms with Crippen LogP contribution < -0.4 is 10.6 Å². The summed E-state index contributed by atoms with van der Waals surface area (Å²) in [6.45, 7) is 4.46. The van der Waals surface area contributed by atoms with Crippen molar-refractivity contribution in [1.29, 1.82) is 0 Å². The maximum absolute atomic E-state index is 13.2. The lowest BCUT2D eigenvalue weighted by atomic mass is 9.62. The molecule has 2 N–H and O–H groups in total. The third kappa shape index (κ3) is 1.93. The van der Waals surface area contributed by atoms with Gasteiger partial charge in [0.2, 0.25) is 5.92 Å². The molecule has 1 aromatic carbocycles. The molecule has 0 aromatic heterocycles. The highest BCUT2D eigenvalue weighted by molar-refractivity contribution is 5.60. The monoisotopic (exact) mass is 266 g/mol. The van der Waals surface area contributed by atoms with Crippen LogP contribution in [-0.2, 0) is 11.8 Å². The van der Waals surface area contributed by atoms with Crippen molar-refractivity contribution in [1.82, 2.24) is 0 Å². The zero-order valence-corrected chi connectivity index (χ0v) is 11.3. The van der Waals surface area contributed by atoms with E-state index in [9.17, 15) is 8.78 Å². The number of alkyl halides is 2. The molecule has 2 nitrogen and oxygen atoms in total. The fourth-order valence-electron chi connectivity index (χ4n) is 3.53. The Morgan fingerprint density at radius 2 is 2.05 bits per heavy atom. The molecule has 0 unspecified atom stereocenters. The lowest BCUT2D eigenvalue weighted by Crippen LogP contribution is -2.53. The Morgan fingerprint density at radius 3 is 2.63 bits per heavy atom. The third-order valence-corrected chi connectivity index (χ3v) is 4.65. The summed E-state index contributed by atoms with van der Waals surface area (Å²) < 4.78 is 26.5. The van der Waals surface area contributed by atoms with Crippen molar-refractivity contribution in [2.75, 3.05) is 24.5 Å². The van der Waals surface area contributed by atoms with Crippen LogP contribution in [0.3, 0.4) is 0 Å². The van der Waals surface area contributed by atoms with Gasteiger partial charge in [0.15, 0.2) is 0 Å². The van der Waals surface area contributed by atoms with Crippen LogP contribution in [0, 0.1) is 0 Å². The number of halogens is 2. The second-order valence-corrected chi connectivity index (χ2v) is 5.87. The van der Waals surface area contributed by atoms with E-state index >= 15 is 0 Å². The molecule has 1 aliphatic carbocycles. The van der Waals surface area contributed by atoms with Crippen molar-refractivity contribution in [3.05, 3.63) is 29.3 Å². The zero-order chi connectivity index (χ0) is 13.7. The number of likely N-dealkylation sites (N-methyl/N-ethyl adjacent to an activating group) is 1. The topological polar surface area (TPSA) is 29.3 Å². The number of fused-ring (bicyclic) bond motifs is 1. The summed E-state index contributed by atoms with van der Waals surface area (Å²) in [5.74, 6) is -2.53. The number of nitrogens with two attached hydrogens (primary N) is 1. The van der Waals surface area contributed by atoms with Gasteiger partial charge in [0.25, 0.3) is 0 Å². The van der Waals surface area contributed by atoms with Gasteiger partial charge in [-0.3, -0.25) is 0 Å². The van der Waals surface area contributed by atoms with Gasteiger partial charge in [0, 0.05) is 43.6 Å². The predicted molar refractivity (Wildman–Crippen MR) is 72.9 cm³/mol. The highest BCUT2D eigenvalue weighted by Crippen LogP contribution is 2.53. The fraction of sp³-hybridized carbons (Fsp3) is 0.600. The van der Waals surface area contributed by atoms with E-state index in [1.165, 1.54) is 11.3 Å². The molecule has 1 heterocycles. The second kappa shape index (κ2) is 4.17. The van der Waals surface area contributed by atoms with Gasteiger partial charge >= 0.3 is 0 Å². The SMILES string of the molecule is CCN1CCc2cc(C3(CN)CC(F)(F)C3)ccc21. The van der Waals surface area contributed by atoms with E-state index in [2.05, 4.69) is 24.0 Å². The minimum absolute atomic E-state index is 0.104. The first-order chi connectivity index (χ1) is 9.00. The van der Waals surface area contributed by atoms with Gasteiger partial charge in [-0.1, -0.05) is 12.1 Å². The van der Waals surface area contributed by atoms with Crippen LogP contribution in [0.25, 0.3) is 0 Å². The summed E-state index contributed by atoms with van der Waals surface area (Å²) in [6, 6.07) is 6.18. The van der Waals surface area contributed by atoms with Gasteiger partial charge in [-0.2, -0.15) is 0 Å². The summed E-state index contributed by atoms with van der Waals surface area (Å²) in [4.78, 5) is 2.32. The third-order valence-electron chi connectivity index (χ3n) is 4.65. The van der Waals surface area contributed by atoms with E-state index in [1.54, 1.807) is 0 Å². The van der Waals surface area contributed by atoms with Gasteiger partial charge in [-0.15, -0.1) is 0 Å². The normalized spacial score (nSPS) is 23.1. The van der Waals surface area contributed by atoms with Crippen LogP contribution in [0.1, 0.15) is 30.9 Å². The Bertz CT molecular complexity index is 491. The fourth-order valence-corrected chi connectivity index (χ4v) is 3.53. The van der Waals surface area contributed by atoms with E-state index in [0.29, 0.717) is 6.54 Å². The maximum atomic E-state index is 13.2. The molecule has 4 heteroatoms. The van der Waals surface area contributed by atoms with E-state index in [4.69, 9.17) is 5.73 Å². The van der Waals surface area contributed by atoms with E-state index in [0.717, 1.165) is 25.1 Å². The Kier molecular flexibility index (Phi) is 2.82. The minimum Gasteiger partial charge on any atom is -0.371 e. The van der Waals surface area contributed by atoms with Crippen molar-refractivity contribution in [3.63, 3.8) is 0 Å². The molecule has 3 rings (SSSR count). The molecule has 2 aliphatic rings. The quantitative estimate of drug-likeness (QED) is 0.911. The van der Waals surface area contributed by atoms with E-state index in [1.807, 2.05) is 6.07 Å². The lowest BCUT2D eigenvalue weighted by molar-refractivity contribution is -0.123. The van der Waals surface area contributed by atoms with Crippen molar-refractivity contribution in [2.45, 2.75) is 37.5 Å². The van der Waals surface area contributed by atoms with E-state index in [-0.39, 0.29) is 12.8 Å². The largest absolute Gasteiger partial charge is 0.371 e. The molecule has 104 valence electrons. The number of anilines is 1. The van der Waals surface area contributed by atoms with Crippen molar-refractivity contribution >= 4 is 5.69 Å². The Morgan fingerprint density at radius 1 is 1.32 bits per heavy atom. The average molecular weight is 266 g/mol. The second-order valence-electron chi connectivity index (χ2n) is 5.87. The lowest BCUT2D eigenvalue weighted by Gasteiger charge is -2.47. The molecule has 19 heavy (non-hydrogen) atoms. The molecule has 1 aromatic rings. The van der Waals surface area contributed by atoms with Crippen LogP contribution in [0.15, 0.2) is 18.2 Å². The van der Waals surface area contributed by atoms with Gasteiger partial charge < -0.3 is 10.6 Å². The van der Waals surface area contributed by atoms with Crippen molar-refractivity contribution in [2.24, 2.45) is 5.73 Å². The smallest absolute Gasteiger partial charge is 0.250 e. The summed E-state index contributed by atoms with van der Waals surface area (Å²) in [7, 11) is 0. The molecule has 1 fully saturated rings. The van der Waals surface area contributed by atoms with Crippen LogP contribution in [0.4, 0.5) is 14.5 Å². The molecule has 0 atom stereocenters. The van der Waals surface area contributed by atoms with Crippen LogP contribution in [-0.4, -0.2) is 25.6 Å². The van der Waals surface area contributed by atoms with Crippen molar-refractivity contribution in [3.8, 4) is 0 Å². The van der Waals surface area contributed by atoms with Crippen molar-refractivity contribution < 1.29 is 8.78 Å². The summed E-state index contributed by atoms with van der Waals surface area (Å²) in [5.41, 5.74) is 8.81. The first kappa shape index (κ1) is 12.9. The summed E-state index contributed by atoms with van der Waals surface area (Å²) in [6.07, 6.45) is 0.799. The molecule has 0 radical (unpaired) electrons. The van der Waals surface area contributed by atoms with E-state index < -0.39 is 11.3 Å². The van der Waals surface area contributed by atoms with Gasteiger partial charge in [-0.25, -0.2) is 8.78 Å². The molecular weight excluding hydrogens is 246 g/mol. The Labute approximate surface area is 112 Å². The molecule has 1 aliphatic heterocycles. The standard InChI is InChI=1S/C15H20F2N2/c1-2-19-6-5-11-7-12(3-4-13(11)19)14(10-18)8-15(16,17)9-14/h3-4,7H,2,5-6,8-10,18H2,1H3. The molecule has 0 amide bonds. The molecule has 1 saturated carbocycles. The number of nitrogens with zero attached hydrogens (tertiary/aromatic N) is 1. The number of hydrogen-bond acceptors (Lipinski definition) is 2. The van der Waals surface area contributed by atoms with Gasteiger partial charge in [-0.05, 0) is 30.5 Å². The van der Waals surface area contributed by atoms with Gasteiger partial charge in [0.05, 0.1) is 0 Å². The highest BCUT2D eigenvalue weighted by atomic mass is 19.3. The van der Waals surface area contributed by atoms with Gasteiger partial charge in [0.1, 0.15) is 0 Å². The maximum Gasteiger partial charge on any atom is 0.250 e. The molecule has 0 saturated heterocycles. The first-order valence-electron chi connectivity index (χ1n) is 6.96. The summed E-state index contributed by atoms with van der Waals surface area (Å²) >= 11 is 0. The number of hydrogen-bond donors (Lipinski definition) is 1. The number of benzene rings is 1. The minimum atomic E-state index is -2.53. The van der Waals surface area contributed by atoms with Crippen LogP contribution in [0.5, 0.6) is 0 Å².